The van der Waals surface area contributed by atoms with Gasteiger partial charge in [0.15, 0.2) is 11.5 Å². The lowest BCUT2D eigenvalue weighted by molar-refractivity contribution is 0.285. The van der Waals surface area contributed by atoms with E-state index in [9.17, 15) is 9.46 Å². The Labute approximate surface area is 239 Å². The number of aryl methyl sites for hydroxylation is 3. The van der Waals surface area contributed by atoms with Crippen LogP contribution in [-0.2, 0) is 4.57 Å². The molecule has 1 unspecified atom stereocenters. The molecule has 0 saturated heterocycles. The van der Waals surface area contributed by atoms with E-state index in [2.05, 4.69) is 0 Å². The van der Waals surface area contributed by atoms with Crippen molar-refractivity contribution in [1.29, 1.82) is 0 Å². The minimum atomic E-state index is -4.61. The molecular weight excluding hydrogens is 539 g/mol. The molecule has 0 aliphatic heterocycles. The average molecular weight is 569 g/mol. The van der Waals surface area contributed by atoms with Gasteiger partial charge in [0.1, 0.15) is 34.5 Å². The van der Waals surface area contributed by atoms with Crippen LogP contribution in [0.25, 0.3) is 0 Å². The fourth-order valence-corrected chi connectivity index (χ4v) is 4.59. The number of benzene rings is 5. The van der Waals surface area contributed by atoms with E-state index in [1.54, 1.807) is 36.4 Å². The molecule has 0 heterocycles. The molecule has 1 N–H and O–H groups in total. The zero-order valence-electron chi connectivity index (χ0n) is 22.8. The van der Waals surface area contributed by atoms with Gasteiger partial charge < -0.3 is 23.3 Å². The maximum absolute atomic E-state index is 13.0. The Bertz CT molecular complexity index is 1650. The Morgan fingerprint density at radius 3 is 1.29 bits per heavy atom. The molecule has 0 radical (unpaired) electrons. The highest BCUT2D eigenvalue weighted by atomic mass is 31.2. The first-order valence-electron chi connectivity index (χ1n) is 12.9. The fraction of sp³-hybridized carbons (Fsp3) is 0.0909. The third kappa shape index (κ3) is 7.92. The number of hydrogen-bond donors (Lipinski definition) is 1. The molecule has 1 atom stereocenters. The van der Waals surface area contributed by atoms with Gasteiger partial charge in [-0.3, -0.25) is 4.89 Å². The van der Waals surface area contributed by atoms with Gasteiger partial charge in [0.25, 0.3) is 0 Å². The molecular formula is C33H29O7P. The summed E-state index contributed by atoms with van der Waals surface area (Å²) in [5.41, 5.74) is 3.30. The quantitative estimate of drug-likeness (QED) is 0.168. The highest BCUT2D eigenvalue weighted by Gasteiger charge is 2.27. The number of phosphoric acid groups is 1. The molecule has 0 spiro atoms. The summed E-state index contributed by atoms with van der Waals surface area (Å²) in [6, 6.07) is 33.6. The number of phosphoric ester groups is 1. The number of rotatable bonds is 10. The Morgan fingerprint density at radius 1 is 0.439 bits per heavy atom. The summed E-state index contributed by atoms with van der Waals surface area (Å²) in [5, 5.41) is 0. The average Bonchev–Trinajstić information content (AvgIpc) is 2.95. The minimum absolute atomic E-state index is 0.00647. The third-order valence-electron chi connectivity index (χ3n) is 5.94. The highest BCUT2D eigenvalue weighted by Crippen LogP contribution is 2.49. The van der Waals surface area contributed by atoms with Crippen LogP contribution in [0.15, 0.2) is 115 Å². The predicted octanol–water partition coefficient (Wildman–Crippen LogP) is 9.55. The van der Waals surface area contributed by atoms with Crippen LogP contribution in [0.3, 0.4) is 0 Å². The molecule has 8 heteroatoms. The van der Waals surface area contributed by atoms with E-state index in [-0.39, 0.29) is 17.2 Å². The van der Waals surface area contributed by atoms with Crippen molar-refractivity contribution < 1.29 is 32.7 Å². The third-order valence-corrected chi connectivity index (χ3v) is 6.80. The molecule has 0 bridgehead atoms. The molecule has 5 aromatic rings. The summed E-state index contributed by atoms with van der Waals surface area (Å²) < 4.78 is 41.6. The second-order valence-corrected chi connectivity index (χ2v) is 10.8. The van der Waals surface area contributed by atoms with Crippen molar-refractivity contribution in [2.24, 2.45) is 0 Å². The van der Waals surface area contributed by atoms with Gasteiger partial charge in [-0.15, -0.1) is 0 Å². The smallest absolute Gasteiger partial charge is 0.457 e. The zero-order chi connectivity index (χ0) is 28.8. The van der Waals surface area contributed by atoms with E-state index in [0.717, 1.165) is 16.7 Å². The first-order chi connectivity index (χ1) is 19.7. The van der Waals surface area contributed by atoms with Gasteiger partial charge in [0, 0.05) is 6.07 Å². The number of ether oxygens (including phenoxy) is 3. The van der Waals surface area contributed by atoms with Crippen LogP contribution in [0.2, 0.25) is 0 Å². The summed E-state index contributed by atoms with van der Waals surface area (Å²) in [7, 11) is -4.61. The number of hydrogen-bond acceptors (Lipinski definition) is 6. The summed E-state index contributed by atoms with van der Waals surface area (Å²) in [6.45, 7) is 5.96. The van der Waals surface area contributed by atoms with Crippen molar-refractivity contribution >= 4 is 7.82 Å². The second kappa shape index (κ2) is 12.2. The largest absolute Gasteiger partial charge is 0.585 e. The summed E-state index contributed by atoms with van der Waals surface area (Å²) >= 11 is 0. The maximum Gasteiger partial charge on any atom is 0.585 e. The second-order valence-electron chi connectivity index (χ2n) is 9.48. The molecule has 7 nitrogen and oxygen atoms in total. The van der Waals surface area contributed by atoms with Crippen LogP contribution in [-0.4, -0.2) is 4.89 Å². The summed E-state index contributed by atoms with van der Waals surface area (Å²) in [5.74, 6) is 3.16. The van der Waals surface area contributed by atoms with Crippen LogP contribution in [0.5, 0.6) is 46.0 Å². The standard InChI is InChI=1S/C33H29O7P/c1-23-4-10-26(11-5-23)36-28-16-18-30(19-17-28)39-41(34,35)40-32-21-20-31(37-27-12-6-24(2)7-13-27)22-33(32)38-29-14-8-25(3)9-15-29/h4-22H,1-3H3,(H,34,35). The van der Waals surface area contributed by atoms with Crippen LogP contribution in [0.4, 0.5) is 0 Å². The molecule has 41 heavy (non-hydrogen) atoms. The zero-order valence-corrected chi connectivity index (χ0v) is 23.7. The van der Waals surface area contributed by atoms with Crippen molar-refractivity contribution in [3.05, 3.63) is 132 Å². The van der Waals surface area contributed by atoms with Crippen molar-refractivity contribution in [2.45, 2.75) is 20.8 Å². The normalized spacial score (nSPS) is 12.2. The molecule has 0 aliphatic rings. The van der Waals surface area contributed by atoms with Crippen LogP contribution in [0, 0.1) is 20.8 Å². The molecule has 208 valence electrons. The predicted molar refractivity (Wildman–Crippen MR) is 158 cm³/mol. The van der Waals surface area contributed by atoms with E-state index in [0.29, 0.717) is 28.7 Å². The van der Waals surface area contributed by atoms with E-state index < -0.39 is 7.82 Å². The lowest BCUT2D eigenvalue weighted by Crippen LogP contribution is -2.01. The molecule has 0 amide bonds. The maximum atomic E-state index is 13.0. The molecule has 0 saturated carbocycles. The van der Waals surface area contributed by atoms with E-state index >= 15 is 0 Å². The summed E-state index contributed by atoms with van der Waals surface area (Å²) in [6.07, 6.45) is 0. The van der Waals surface area contributed by atoms with Gasteiger partial charge in [-0.2, -0.15) is 0 Å². The van der Waals surface area contributed by atoms with Crippen molar-refractivity contribution in [1.82, 2.24) is 0 Å². The summed E-state index contributed by atoms with van der Waals surface area (Å²) in [4.78, 5) is 10.6. The molecule has 5 rings (SSSR count). The van der Waals surface area contributed by atoms with E-state index in [4.69, 9.17) is 23.3 Å². The van der Waals surface area contributed by atoms with E-state index in [1.807, 2.05) is 81.4 Å². The molecule has 0 aliphatic carbocycles. The SMILES string of the molecule is Cc1ccc(Oc2ccc(OP(=O)(O)Oc3ccc(Oc4ccc(C)cc4)cc3Oc3ccc(C)cc3)cc2)cc1. The lowest BCUT2D eigenvalue weighted by Gasteiger charge is -2.18. The topological polar surface area (TPSA) is 83.5 Å². The van der Waals surface area contributed by atoms with Crippen LogP contribution >= 0.6 is 7.82 Å². The first kappa shape index (κ1) is 27.8. The van der Waals surface area contributed by atoms with Gasteiger partial charge >= 0.3 is 7.82 Å². The van der Waals surface area contributed by atoms with Crippen LogP contribution < -0.4 is 23.3 Å². The van der Waals surface area contributed by atoms with Crippen LogP contribution in [0.1, 0.15) is 16.7 Å². The Balaban J connectivity index is 1.33. The Morgan fingerprint density at radius 2 is 0.805 bits per heavy atom. The monoisotopic (exact) mass is 568 g/mol. The fourth-order valence-electron chi connectivity index (χ4n) is 3.77. The molecule has 5 aromatic carbocycles. The Kier molecular flexibility index (Phi) is 8.29. The lowest BCUT2D eigenvalue weighted by atomic mass is 10.2. The molecule has 0 aromatic heterocycles. The van der Waals surface area contributed by atoms with E-state index in [1.165, 1.54) is 18.2 Å². The molecule has 0 fully saturated rings. The minimum Gasteiger partial charge on any atom is -0.457 e. The van der Waals surface area contributed by atoms with Crippen molar-refractivity contribution in [3.8, 4) is 46.0 Å². The highest BCUT2D eigenvalue weighted by molar-refractivity contribution is 7.48. The van der Waals surface area contributed by atoms with Gasteiger partial charge in [-0.05, 0) is 93.6 Å². The van der Waals surface area contributed by atoms with Crippen molar-refractivity contribution in [3.63, 3.8) is 0 Å². The first-order valence-corrected chi connectivity index (χ1v) is 14.4. The van der Waals surface area contributed by atoms with Crippen molar-refractivity contribution in [2.75, 3.05) is 0 Å². The Hall–Kier alpha value is -4.71. The van der Waals surface area contributed by atoms with Gasteiger partial charge in [0.2, 0.25) is 0 Å². The van der Waals surface area contributed by atoms with Gasteiger partial charge in [0.05, 0.1) is 0 Å². The van der Waals surface area contributed by atoms with Gasteiger partial charge in [-0.1, -0.05) is 53.1 Å². The van der Waals surface area contributed by atoms with Gasteiger partial charge in [-0.25, -0.2) is 4.57 Å².